The maximum Gasteiger partial charge on any atom is 0.0722 e. The summed E-state index contributed by atoms with van der Waals surface area (Å²) < 4.78 is 0. The van der Waals surface area contributed by atoms with Gasteiger partial charge in [-0.3, -0.25) is 4.98 Å². The number of hydrogen-bond donors (Lipinski definition) is 1. The van der Waals surface area contributed by atoms with Crippen molar-refractivity contribution in [2.24, 2.45) is 0 Å². The lowest BCUT2D eigenvalue weighted by Crippen LogP contribution is -2.43. The molecule has 0 amide bonds. The van der Waals surface area contributed by atoms with Gasteiger partial charge in [0.25, 0.3) is 0 Å². The third-order valence-electron chi connectivity index (χ3n) is 3.08. The lowest BCUT2D eigenvalue weighted by molar-refractivity contribution is 0.590. The Morgan fingerprint density at radius 1 is 1.06 bits per heavy atom. The van der Waals surface area contributed by atoms with Gasteiger partial charge in [0.1, 0.15) is 0 Å². The van der Waals surface area contributed by atoms with E-state index in [9.17, 15) is 0 Å². The maximum atomic E-state index is 4.39. The van der Waals surface area contributed by atoms with E-state index in [1.54, 1.807) is 0 Å². The van der Waals surface area contributed by atoms with E-state index >= 15 is 0 Å². The van der Waals surface area contributed by atoms with Gasteiger partial charge in [-0.15, -0.1) is 12.4 Å². The van der Waals surface area contributed by atoms with E-state index < -0.39 is 0 Å². The average molecular weight is 250 g/mol. The molecule has 2 heterocycles. The molecule has 1 aliphatic heterocycles. The first kappa shape index (κ1) is 12.1. The number of aromatic nitrogens is 1. The molecule has 0 spiro atoms. The normalized spacial score (nSPS) is 15.6. The summed E-state index contributed by atoms with van der Waals surface area (Å²) in [6.45, 7) is 4.29. The van der Waals surface area contributed by atoms with Crippen molar-refractivity contribution in [2.75, 3.05) is 31.1 Å². The lowest BCUT2D eigenvalue weighted by atomic mass is 10.1. The van der Waals surface area contributed by atoms with E-state index in [2.05, 4.69) is 39.5 Å². The molecule has 0 saturated carbocycles. The number of anilines is 1. The molecule has 0 atom stereocenters. The number of halogens is 1. The van der Waals surface area contributed by atoms with Crippen molar-refractivity contribution in [1.29, 1.82) is 0 Å². The molecule has 1 aromatic carbocycles. The molecule has 0 unspecified atom stereocenters. The molecule has 0 bridgehead atoms. The number of pyridine rings is 1. The summed E-state index contributed by atoms with van der Waals surface area (Å²) in [7, 11) is 0. The second-order valence-corrected chi connectivity index (χ2v) is 4.08. The van der Waals surface area contributed by atoms with Gasteiger partial charge in [-0.1, -0.05) is 6.07 Å². The zero-order valence-corrected chi connectivity index (χ0v) is 10.4. The van der Waals surface area contributed by atoms with Crippen LogP contribution >= 0.6 is 12.4 Å². The molecular weight excluding hydrogens is 234 g/mol. The van der Waals surface area contributed by atoms with Gasteiger partial charge in [-0.25, -0.2) is 0 Å². The third kappa shape index (κ3) is 2.35. The van der Waals surface area contributed by atoms with Crippen LogP contribution in [0.1, 0.15) is 0 Å². The Balaban J connectivity index is 0.00000108. The minimum absolute atomic E-state index is 0. The smallest absolute Gasteiger partial charge is 0.0722 e. The van der Waals surface area contributed by atoms with Crippen LogP contribution in [0.15, 0.2) is 36.5 Å². The quantitative estimate of drug-likeness (QED) is 0.839. The number of nitrogens with zero attached hydrogens (tertiary/aromatic N) is 2. The topological polar surface area (TPSA) is 28.2 Å². The van der Waals surface area contributed by atoms with Crippen molar-refractivity contribution in [1.82, 2.24) is 10.3 Å². The van der Waals surface area contributed by atoms with Crippen LogP contribution in [-0.4, -0.2) is 31.2 Å². The molecule has 4 heteroatoms. The van der Waals surface area contributed by atoms with Crippen LogP contribution in [0.4, 0.5) is 5.69 Å². The number of benzene rings is 1. The Morgan fingerprint density at radius 2 is 1.88 bits per heavy atom. The molecule has 3 nitrogen and oxygen atoms in total. The summed E-state index contributed by atoms with van der Waals surface area (Å²) in [4.78, 5) is 6.83. The second kappa shape index (κ2) is 5.34. The van der Waals surface area contributed by atoms with Crippen molar-refractivity contribution in [3.63, 3.8) is 0 Å². The van der Waals surface area contributed by atoms with E-state index in [-0.39, 0.29) is 12.4 Å². The Morgan fingerprint density at radius 3 is 2.71 bits per heavy atom. The van der Waals surface area contributed by atoms with Crippen LogP contribution in [0.3, 0.4) is 0 Å². The zero-order valence-electron chi connectivity index (χ0n) is 9.60. The van der Waals surface area contributed by atoms with Crippen LogP contribution in [0.25, 0.3) is 10.9 Å². The van der Waals surface area contributed by atoms with Gasteiger partial charge in [0.2, 0.25) is 0 Å². The van der Waals surface area contributed by atoms with Gasteiger partial charge in [0.05, 0.1) is 5.52 Å². The van der Waals surface area contributed by atoms with Gasteiger partial charge < -0.3 is 10.2 Å². The van der Waals surface area contributed by atoms with Crippen molar-refractivity contribution < 1.29 is 0 Å². The minimum atomic E-state index is 0. The van der Waals surface area contributed by atoms with Crippen molar-refractivity contribution >= 4 is 29.0 Å². The molecule has 0 radical (unpaired) electrons. The summed E-state index contributed by atoms with van der Waals surface area (Å²) in [5.41, 5.74) is 2.39. The molecule has 1 aliphatic rings. The second-order valence-electron chi connectivity index (χ2n) is 4.08. The third-order valence-corrected chi connectivity index (χ3v) is 3.08. The van der Waals surface area contributed by atoms with Gasteiger partial charge in [0, 0.05) is 43.4 Å². The van der Waals surface area contributed by atoms with Crippen molar-refractivity contribution in [3.8, 4) is 0 Å². The van der Waals surface area contributed by atoms with Crippen LogP contribution in [-0.2, 0) is 0 Å². The van der Waals surface area contributed by atoms with E-state index in [1.165, 1.54) is 11.1 Å². The first-order valence-corrected chi connectivity index (χ1v) is 5.74. The van der Waals surface area contributed by atoms with Gasteiger partial charge in [-0.05, 0) is 24.3 Å². The van der Waals surface area contributed by atoms with Crippen LogP contribution < -0.4 is 10.2 Å². The standard InChI is InChI=1S/C13H15N3.ClH/c1-4-12-11(3-2-6-15-12)13(5-1)16-9-7-14-8-10-16;/h1-6,14H,7-10H2;1H. The highest BCUT2D eigenvalue weighted by Crippen LogP contribution is 2.25. The van der Waals surface area contributed by atoms with Gasteiger partial charge in [-0.2, -0.15) is 0 Å². The molecule has 90 valence electrons. The Hall–Kier alpha value is -1.32. The number of hydrogen-bond acceptors (Lipinski definition) is 3. The van der Waals surface area contributed by atoms with Crippen LogP contribution in [0, 0.1) is 0 Å². The molecule has 1 saturated heterocycles. The van der Waals surface area contributed by atoms with E-state index in [4.69, 9.17) is 0 Å². The number of fused-ring (bicyclic) bond motifs is 1. The fraction of sp³-hybridized carbons (Fsp3) is 0.308. The molecule has 0 aliphatic carbocycles. The summed E-state index contributed by atoms with van der Waals surface area (Å²) in [5, 5.41) is 4.63. The Bertz CT molecular complexity index is 489. The van der Waals surface area contributed by atoms with E-state index in [0.29, 0.717) is 0 Å². The summed E-state index contributed by atoms with van der Waals surface area (Å²) in [6, 6.07) is 10.5. The fourth-order valence-electron chi connectivity index (χ4n) is 2.27. The van der Waals surface area contributed by atoms with Crippen LogP contribution in [0.5, 0.6) is 0 Å². The average Bonchev–Trinajstić information content (AvgIpc) is 2.39. The highest BCUT2D eigenvalue weighted by Gasteiger charge is 2.12. The summed E-state index contributed by atoms with van der Waals surface area (Å²) >= 11 is 0. The monoisotopic (exact) mass is 249 g/mol. The first-order chi connectivity index (χ1) is 7.95. The van der Waals surface area contributed by atoms with Crippen LogP contribution in [0.2, 0.25) is 0 Å². The highest BCUT2D eigenvalue weighted by molar-refractivity contribution is 5.91. The van der Waals surface area contributed by atoms with Gasteiger partial charge >= 0.3 is 0 Å². The molecular formula is C13H16ClN3. The van der Waals surface area contributed by atoms with Crippen molar-refractivity contribution in [2.45, 2.75) is 0 Å². The predicted molar refractivity (Wildman–Crippen MR) is 74.1 cm³/mol. The maximum absolute atomic E-state index is 4.39. The van der Waals surface area contributed by atoms with E-state index in [1.807, 2.05) is 12.3 Å². The summed E-state index contributed by atoms with van der Waals surface area (Å²) in [5.74, 6) is 0. The molecule has 1 aromatic heterocycles. The number of nitrogens with one attached hydrogen (secondary N) is 1. The van der Waals surface area contributed by atoms with E-state index in [0.717, 1.165) is 31.7 Å². The molecule has 1 fully saturated rings. The SMILES string of the molecule is Cl.c1cc(N2CCNCC2)c2cccnc2c1. The first-order valence-electron chi connectivity index (χ1n) is 5.74. The lowest BCUT2D eigenvalue weighted by Gasteiger charge is -2.30. The highest BCUT2D eigenvalue weighted by atomic mass is 35.5. The Labute approximate surface area is 107 Å². The Kier molecular flexibility index (Phi) is 3.82. The number of rotatable bonds is 1. The fourth-order valence-corrected chi connectivity index (χ4v) is 2.27. The summed E-state index contributed by atoms with van der Waals surface area (Å²) in [6.07, 6.45) is 1.85. The van der Waals surface area contributed by atoms with Gasteiger partial charge in [0.15, 0.2) is 0 Å². The number of piperazine rings is 1. The molecule has 2 aromatic rings. The minimum Gasteiger partial charge on any atom is -0.368 e. The largest absolute Gasteiger partial charge is 0.368 e. The zero-order chi connectivity index (χ0) is 10.8. The molecule has 1 N–H and O–H groups in total. The van der Waals surface area contributed by atoms with Crippen molar-refractivity contribution in [3.05, 3.63) is 36.5 Å². The molecule has 17 heavy (non-hydrogen) atoms. The molecule has 3 rings (SSSR count). The predicted octanol–water partition coefficient (Wildman–Crippen LogP) is 2.07.